The maximum atomic E-state index is 13.0. The van der Waals surface area contributed by atoms with E-state index in [0.717, 1.165) is 24.2 Å². The summed E-state index contributed by atoms with van der Waals surface area (Å²) in [6.45, 7) is 1.98. The molecule has 0 bridgehead atoms. The van der Waals surface area contributed by atoms with Crippen molar-refractivity contribution in [2.45, 2.75) is 32.5 Å². The van der Waals surface area contributed by atoms with Crippen molar-refractivity contribution in [2.75, 3.05) is 13.1 Å². The monoisotopic (exact) mass is 346 g/mol. The van der Waals surface area contributed by atoms with E-state index in [2.05, 4.69) is 5.10 Å². The lowest BCUT2D eigenvalue weighted by atomic mass is 9.97. The Balaban J connectivity index is 1.72. The zero-order valence-electron chi connectivity index (χ0n) is 14.1. The van der Waals surface area contributed by atoms with E-state index in [4.69, 9.17) is 5.73 Å². The fourth-order valence-electron chi connectivity index (χ4n) is 3.22. The molecule has 1 aliphatic rings. The summed E-state index contributed by atoms with van der Waals surface area (Å²) in [4.78, 5) is 14.7. The number of rotatable bonds is 5. The first-order chi connectivity index (χ1) is 12.1. The number of carbonyl (C=O) groups is 1. The zero-order valence-corrected chi connectivity index (χ0v) is 14.1. The van der Waals surface area contributed by atoms with Gasteiger partial charge in [-0.25, -0.2) is 4.39 Å². The van der Waals surface area contributed by atoms with E-state index in [-0.39, 0.29) is 30.8 Å². The van der Waals surface area contributed by atoms with Gasteiger partial charge in [0.1, 0.15) is 5.82 Å². The van der Waals surface area contributed by atoms with E-state index in [1.54, 1.807) is 12.1 Å². The van der Waals surface area contributed by atoms with Gasteiger partial charge >= 0.3 is 0 Å². The average molecular weight is 346 g/mol. The Morgan fingerprint density at radius 1 is 1.32 bits per heavy atom. The maximum absolute atomic E-state index is 13.0. The van der Waals surface area contributed by atoms with Crippen molar-refractivity contribution in [3.05, 3.63) is 53.1 Å². The third kappa shape index (κ3) is 4.05. The van der Waals surface area contributed by atoms with Crippen LogP contribution in [0.3, 0.4) is 0 Å². The van der Waals surface area contributed by atoms with E-state index in [1.807, 2.05) is 15.6 Å². The number of halogens is 1. The Bertz CT molecular complexity index is 729. The second-order valence-corrected chi connectivity index (χ2v) is 6.38. The lowest BCUT2D eigenvalue weighted by Gasteiger charge is -2.25. The van der Waals surface area contributed by atoms with Crippen molar-refractivity contribution in [1.82, 2.24) is 14.7 Å². The van der Waals surface area contributed by atoms with Crippen LogP contribution in [0.4, 0.5) is 4.39 Å². The highest BCUT2D eigenvalue weighted by Gasteiger charge is 2.26. The topological polar surface area (TPSA) is 84.4 Å². The highest BCUT2D eigenvalue weighted by atomic mass is 19.1. The summed E-state index contributed by atoms with van der Waals surface area (Å²) in [6, 6.07) is 8.01. The van der Waals surface area contributed by atoms with E-state index in [1.165, 1.54) is 12.1 Å². The van der Waals surface area contributed by atoms with Crippen molar-refractivity contribution in [3.8, 4) is 0 Å². The summed E-state index contributed by atoms with van der Waals surface area (Å²) in [6.07, 6.45) is 1.30. The minimum Gasteiger partial charge on any atom is -0.390 e. The first-order valence-electron chi connectivity index (χ1n) is 8.50. The molecule has 1 aromatic carbocycles. The number of amides is 1. The normalized spacial score (nSPS) is 15.6. The highest BCUT2D eigenvalue weighted by molar-refractivity contribution is 5.79. The molecule has 0 aliphatic carbocycles. The van der Waals surface area contributed by atoms with Crippen molar-refractivity contribution in [2.24, 2.45) is 11.7 Å². The van der Waals surface area contributed by atoms with Crippen LogP contribution in [0.1, 0.15) is 23.4 Å². The summed E-state index contributed by atoms with van der Waals surface area (Å²) in [5.41, 5.74) is 8.28. The number of aromatic nitrogens is 2. The van der Waals surface area contributed by atoms with Crippen LogP contribution < -0.4 is 5.73 Å². The number of aliphatic hydroxyl groups is 1. The molecule has 3 N–H and O–H groups in total. The number of nitrogens with zero attached hydrogens (tertiary/aromatic N) is 3. The van der Waals surface area contributed by atoms with E-state index < -0.39 is 0 Å². The molecule has 7 heteroatoms. The van der Waals surface area contributed by atoms with Gasteiger partial charge in [-0.05, 0) is 36.6 Å². The first kappa shape index (κ1) is 17.6. The number of aryl methyl sites for hydroxylation is 1. The van der Waals surface area contributed by atoms with Crippen LogP contribution in [0.15, 0.2) is 30.3 Å². The van der Waals surface area contributed by atoms with Gasteiger partial charge in [-0.15, -0.1) is 0 Å². The largest absolute Gasteiger partial charge is 0.390 e. The van der Waals surface area contributed by atoms with Crippen LogP contribution in [0.5, 0.6) is 0 Å². The van der Waals surface area contributed by atoms with Crippen molar-refractivity contribution < 1.29 is 14.3 Å². The average Bonchev–Trinajstić information content (AvgIpc) is 2.91. The van der Waals surface area contributed by atoms with Gasteiger partial charge < -0.3 is 15.7 Å². The molecule has 0 spiro atoms. The fourth-order valence-corrected chi connectivity index (χ4v) is 3.22. The molecule has 2 aromatic rings. The third-order valence-corrected chi connectivity index (χ3v) is 4.57. The predicted octanol–water partition coefficient (Wildman–Crippen LogP) is 1.06. The molecule has 1 amide bonds. The Hall–Kier alpha value is -2.25. The Kier molecular flexibility index (Phi) is 5.45. The molecule has 6 nitrogen and oxygen atoms in total. The van der Waals surface area contributed by atoms with Crippen molar-refractivity contribution in [1.29, 1.82) is 0 Å². The second-order valence-electron chi connectivity index (χ2n) is 6.38. The van der Waals surface area contributed by atoms with Crippen LogP contribution >= 0.6 is 0 Å². The molecule has 0 radical (unpaired) electrons. The van der Waals surface area contributed by atoms with E-state index >= 15 is 0 Å². The van der Waals surface area contributed by atoms with Gasteiger partial charge in [0.25, 0.3) is 0 Å². The molecular weight excluding hydrogens is 323 g/mol. The number of hydrogen-bond donors (Lipinski definition) is 2. The SMILES string of the molecule is NCC(Cc1ccc(F)cc1)C(=O)N1CCCn2nc(CO)cc2C1. The number of aliphatic hydroxyl groups excluding tert-OH is 1. The fraction of sp³-hybridized carbons (Fsp3) is 0.444. The standard InChI is InChI=1S/C18H23FN4O2/c19-15-4-2-13(3-5-15)8-14(10-20)18(25)22-6-1-7-23-17(11-22)9-16(12-24)21-23/h2-5,9,14,24H,1,6-8,10-12,20H2. The van der Waals surface area contributed by atoms with Gasteiger partial charge in [-0.2, -0.15) is 5.10 Å². The van der Waals surface area contributed by atoms with Gasteiger partial charge in [0.15, 0.2) is 0 Å². The molecule has 0 saturated heterocycles. The lowest BCUT2D eigenvalue weighted by Crippen LogP contribution is -2.39. The molecular formula is C18H23FN4O2. The Morgan fingerprint density at radius 2 is 2.08 bits per heavy atom. The number of fused-ring (bicyclic) bond motifs is 1. The van der Waals surface area contributed by atoms with Crippen molar-refractivity contribution >= 4 is 5.91 Å². The number of nitrogens with two attached hydrogens (primary N) is 1. The summed E-state index contributed by atoms with van der Waals surface area (Å²) in [7, 11) is 0. The van der Waals surface area contributed by atoms with Crippen LogP contribution in [-0.2, 0) is 30.9 Å². The highest BCUT2D eigenvalue weighted by Crippen LogP contribution is 2.18. The minimum atomic E-state index is -0.336. The minimum absolute atomic E-state index is 0.00650. The second kappa shape index (κ2) is 7.76. The molecule has 0 fully saturated rings. The quantitative estimate of drug-likeness (QED) is 0.848. The molecule has 2 heterocycles. The van der Waals surface area contributed by atoms with Gasteiger partial charge in [0, 0.05) is 19.6 Å². The Morgan fingerprint density at radius 3 is 2.76 bits per heavy atom. The van der Waals surface area contributed by atoms with Gasteiger partial charge in [0.2, 0.25) is 5.91 Å². The zero-order chi connectivity index (χ0) is 17.8. The van der Waals surface area contributed by atoms with Crippen LogP contribution in [0, 0.1) is 11.7 Å². The molecule has 25 heavy (non-hydrogen) atoms. The van der Waals surface area contributed by atoms with E-state index in [0.29, 0.717) is 25.2 Å². The smallest absolute Gasteiger partial charge is 0.227 e. The molecule has 1 aliphatic heterocycles. The predicted molar refractivity (Wildman–Crippen MR) is 90.8 cm³/mol. The molecule has 1 atom stereocenters. The summed E-state index contributed by atoms with van der Waals surface area (Å²) in [5.74, 6) is -0.621. The summed E-state index contributed by atoms with van der Waals surface area (Å²) < 4.78 is 14.9. The number of hydrogen-bond acceptors (Lipinski definition) is 4. The van der Waals surface area contributed by atoms with Crippen LogP contribution in [-0.4, -0.2) is 38.8 Å². The Labute approximate surface area is 146 Å². The van der Waals surface area contributed by atoms with Crippen molar-refractivity contribution in [3.63, 3.8) is 0 Å². The summed E-state index contributed by atoms with van der Waals surface area (Å²) >= 11 is 0. The van der Waals surface area contributed by atoms with Gasteiger partial charge in [-0.1, -0.05) is 12.1 Å². The summed E-state index contributed by atoms with van der Waals surface area (Å²) in [5, 5.41) is 13.6. The third-order valence-electron chi connectivity index (χ3n) is 4.57. The molecule has 0 saturated carbocycles. The molecule has 3 rings (SSSR count). The van der Waals surface area contributed by atoms with E-state index in [9.17, 15) is 14.3 Å². The number of benzene rings is 1. The van der Waals surface area contributed by atoms with Crippen LogP contribution in [0.2, 0.25) is 0 Å². The van der Waals surface area contributed by atoms with Crippen LogP contribution in [0.25, 0.3) is 0 Å². The molecule has 134 valence electrons. The first-order valence-corrected chi connectivity index (χ1v) is 8.50. The van der Waals surface area contributed by atoms with Gasteiger partial charge in [-0.3, -0.25) is 9.48 Å². The maximum Gasteiger partial charge on any atom is 0.227 e. The van der Waals surface area contributed by atoms with Gasteiger partial charge in [0.05, 0.1) is 30.5 Å². The number of carbonyl (C=O) groups excluding carboxylic acids is 1. The lowest BCUT2D eigenvalue weighted by molar-refractivity contribution is -0.135. The molecule has 1 aromatic heterocycles. The molecule has 1 unspecified atom stereocenters.